The van der Waals surface area contributed by atoms with E-state index in [4.69, 9.17) is 21.1 Å². The number of carbonyl (C=O) groups excluding carboxylic acids is 3. The maximum Gasteiger partial charge on any atom is 0.350 e. The van der Waals surface area contributed by atoms with Crippen LogP contribution in [0, 0.1) is 13.8 Å². The summed E-state index contributed by atoms with van der Waals surface area (Å²) in [7, 11) is 1.25. The van der Waals surface area contributed by atoms with E-state index >= 15 is 0 Å². The Morgan fingerprint density at radius 2 is 1.86 bits per heavy atom. The van der Waals surface area contributed by atoms with Crippen molar-refractivity contribution in [3.63, 3.8) is 0 Å². The predicted octanol–water partition coefficient (Wildman–Crippen LogP) is 5.62. The van der Waals surface area contributed by atoms with Crippen LogP contribution < -0.4 is 9.64 Å². The third-order valence-corrected chi connectivity index (χ3v) is 7.29. The lowest BCUT2D eigenvalue weighted by Crippen LogP contribution is -2.29. The number of ketones is 1. The quantitative estimate of drug-likeness (QED) is 0.179. The molecule has 10 heteroatoms. The van der Waals surface area contributed by atoms with Crippen LogP contribution in [-0.2, 0) is 14.3 Å². The monoisotopic (exact) mass is 540 g/mol. The van der Waals surface area contributed by atoms with Gasteiger partial charge in [-0.1, -0.05) is 42.0 Å². The van der Waals surface area contributed by atoms with E-state index < -0.39 is 23.7 Å². The fourth-order valence-electron chi connectivity index (χ4n) is 4.08. The van der Waals surface area contributed by atoms with Gasteiger partial charge in [0.05, 0.1) is 31.0 Å². The molecule has 4 rings (SSSR count). The third-order valence-electron chi connectivity index (χ3n) is 5.90. The van der Waals surface area contributed by atoms with Gasteiger partial charge < -0.3 is 14.6 Å². The number of amides is 1. The fraction of sp³-hybridized carbons (Fsp3) is 0.259. The summed E-state index contributed by atoms with van der Waals surface area (Å²) in [6.45, 7) is 6.01. The molecule has 1 aliphatic heterocycles. The van der Waals surface area contributed by atoms with Crippen molar-refractivity contribution < 1.29 is 29.0 Å². The highest BCUT2D eigenvalue weighted by molar-refractivity contribution is 7.17. The highest BCUT2D eigenvalue weighted by atomic mass is 35.5. The standard InChI is InChI=1S/C27H25ClN2O6S/c1-5-12-36-19-11-8-17(13-14(19)2)22(31)20-21(16-6-9-18(28)10-7-16)30(25(33)23(20)32)27-29-15(3)24(37-27)26(34)35-4/h6-11,13,21,31H,5,12H2,1-4H3/t21-/m1/s1. The average Bonchev–Trinajstić information content (AvgIpc) is 3.39. The van der Waals surface area contributed by atoms with Crippen LogP contribution in [0.3, 0.4) is 0 Å². The van der Waals surface area contributed by atoms with Crippen molar-refractivity contribution in [2.24, 2.45) is 0 Å². The number of aliphatic hydroxyl groups is 1. The molecule has 2 heterocycles. The van der Waals surface area contributed by atoms with Gasteiger partial charge in [0, 0.05) is 10.6 Å². The number of hydrogen-bond donors (Lipinski definition) is 1. The molecule has 8 nitrogen and oxygen atoms in total. The van der Waals surface area contributed by atoms with Gasteiger partial charge in [-0.2, -0.15) is 0 Å². The van der Waals surface area contributed by atoms with Gasteiger partial charge >= 0.3 is 11.9 Å². The van der Waals surface area contributed by atoms with Crippen LogP contribution in [0.15, 0.2) is 48.0 Å². The number of aromatic nitrogens is 1. The maximum atomic E-state index is 13.4. The predicted molar refractivity (Wildman–Crippen MR) is 141 cm³/mol. The van der Waals surface area contributed by atoms with Gasteiger partial charge in [-0.25, -0.2) is 9.78 Å². The SMILES string of the molecule is CCCOc1ccc(C(O)=C2C(=O)C(=O)N(c3nc(C)c(C(=O)OC)s3)[C@@H]2c2ccc(Cl)cc2)cc1C. The van der Waals surface area contributed by atoms with E-state index in [1.54, 1.807) is 49.4 Å². The molecule has 2 aromatic carbocycles. The summed E-state index contributed by atoms with van der Waals surface area (Å²) in [5.41, 5.74) is 1.94. The highest BCUT2D eigenvalue weighted by Crippen LogP contribution is 2.44. The van der Waals surface area contributed by atoms with Gasteiger partial charge in [0.25, 0.3) is 5.78 Å². The first kappa shape index (κ1) is 26.4. The molecular formula is C27H25ClN2O6S. The number of Topliss-reactive ketones (excluding diaryl/α,β-unsaturated/α-hetero) is 1. The summed E-state index contributed by atoms with van der Waals surface area (Å²) in [6.07, 6.45) is 0.847. The molecule has 192 valence electrons. The molecule has 1 fully saturated rings. The molecule has 37 heavy (non-hydrogen) atoms. The summed E-state index contributed by atoms with van der Waals surface area (Å²) >= 11 is 7.02. The van der Waals surface area contributed by atoms with Gasteiger partial charge in [0.15, 0.2) is 5.13 Å². The number of nitrogens with zero attached hydrogens (tertiary/aromatic N) is 2. The molecule has 0 unspecified atom stereocenters. The lowest BCUT2D eigenvalue weighted by molar-refractivity contribution is -0.132. The van der Waals surface area contributed by atoms with Crippen molar-refractivity contribution >= 4 is 51.5 Å². The lowest BCUT2D eigenvalue weighted by atomic mass is 9.95. The zero-order chi connectivity index (χ0) is 26.9. The van der Waals surface area contributed by atoms with Gasteiger partial charge in [0.1, 0.15) is 16.4 Å². The molecule has 1 atom stereocenters. The minimum Gasteiger partial charge on any atom is -0.507 e. The average molecular weight is 541 g/mol. The van der Waals surface area contributed by atoms with E-state index in [1.807, 2.05) is 13.8 Å². The number of methoxy groups -OCH3 is 1. The van der Waals surface area contributed by atoms with E-state index in [1.165, 1.54) is 12.0 Å². The van der Waals surface area contributed by atoms with Crippen LogP contribution in [0.4, 0.5) is 5.13 Å². The first-order valence-corrected chi connectivity index (χ1v) is 12.7. The first-order chi connectivity index (χ1) is 17.7. The van der Waals surface area contributed by atoms with Crippen LogP contribution in [-0.4, -0.2) is 41.5 Å². The number of carbonyl (C=O) groups is 3. The van der Waals surface area contributed by atoms with Crippen LogP contribution in [0.5, 0.6) is 5.75 Å². The Hall–Kier alpha value is -3.69. The van der Waals surface area contributed by atoms with Gasteiger partial charge in [0.2, 0.25) is 0 Å². The zero-order valence-corrected chi connectivity index (χ0v) is 22.3. The Morgan fingerprint density at radius 3 is 2.49 bits per heavy atom. The Balaban J connectivity index is 1.88. The smallest absolute Gasteiger partial charge is 0.350 e. The van der Waals surface area contributed by atoms with E-state index in [0.717, 1.165) is 23.3 Å². The van der Waals surface area contributed by atoms with E-state index in [0.29, 0.717) is 34.2 Å². The molecule has 1 saturated heterocycles. The van der Waals surface area contributed by atoms with Crippen LogP contribution in [0.25, 0.3) is 5.76 Å². The summed E-state index contributed by atoms with van der Waals surface area (Å²) < 4.78 is 10.5. The third kappa shape index (κ3) is 4.97. The molecule has 0 radical (unpaired) electrons. The molecule has 3 aromatic rings. The number of aliphatic hydroxyl groups excluding tert-OH is 1. The number of rotatable bonds is 7. The topological polar surface area (TPSA) is 106 Å². The van der Waals surface area contributed by atoms with E-state index in [9.17, 15) is 19.5 Å². The van der Waals surface area contributed by atoms with Gasteiger partial charge in [-0.3, -0.25) is 14.5 Å². The molecular weight excluding hydrogens is 516 g/mol. The van der Waals surface area contributed by atoms with E-state index in [-0.39, 0.29) is 21.3 Å². The van der Waals surface area contributed by atoms with Crippen molar-refractivity contribution in [3.8, 4) is 5.75 Å². The fourth-order valence-corrected chi connectivity index (χ4v) is 5.22. The first-order valence-electron chi connectivity index (χ1n) is 11.5. The van der Waals surface area contributed by atoms with Crippen LogP contribution in [0.1, 0.15) is 51.4 Å². The van der Waals surface area contributed by atoms with Crippen molar-refractivity contribution in [1.82, 2.24) is 4.98 Å². The second-order valence-corrected chi connectivity index (χ2v) is 9.87. The minimum atomic E-state index is -0.996. The largest absolute Gasteiger partial charge is 0.507 e. The molecule has 0 saturated carbocycles. The van der Waals surface area contributed by atoms with Gasteiger partial charge in [-0.15, -0.1) is 0 Å². The van der Waals surface area contributed by atoms with Crippen LogP contribution in [0.2, 0.25) is 5.02 Å². The second-order valence-electron chi connectivity index (χ2n) is 8.45. The summed E-state index contributed by atoms with van der Waals surface area (Å²) in [6, 6.07) is 10.7. The number of hydrogen-bond acceptors (Lipinski definition) is 8. The Labute approximate surface area is 223 Å². The van der Waals surface area contributed by atoms with Crippen molar-refractivity contribution in [2.75, 3.05) is 18.6 Å². The minimum absolute atomic E-state index is 0.0959. The molecule has 0 bridgehead atoms. The Bertz CT molecular complexity index is 1410. The summed E-state index contributed by atoms with van der Waals surface area (Å²) in [5.74, 6) is -1.99. The number of esters is 1. The van der Waals surface area contributed by atoms with Crippen molar-refractivity contribution in [1.29, 1.82) is 0 Å². The normalized spacial score (nSPS) is 16.8. The Kier molecular flexibility index (Phi) is 7.65. The Morgan fingerprint density at radius 1 is 1.16 bits per heavy atom. The number of halogens is 1. The number of ether oxygens (including phenoxy) is 2. The zero-order valence-electron chi connectivity index (χ0n) is 20.7. The van der Waals surface area contributed by atoms with Gasteiger partial charge in [-0.05, 0) is 61.7 Å². The second kappa shape index (κ2) is 10.7. The molecule has 1 amide bonds. The molecule has 0 aliphatic carbocycles. The van der Waals surface area contributed by atoms with E-state index in [2.05, 4.69) is 4.98 Å². The molecule has 0 spiro atoms. The van der Waals surface area contributed by atoms with Crippen molar-refractivity contribution in [2.45, 2.75) is 33.2 Å². The summed E-state index contributed by atoms with van der Waals surface area (Å²) in [5, 5.41) is 12.0. The number of anilines is 1. The molecule has 1 N–H and O–H groups in total. The van der Waals surface area contributed by atoms with Crippen LogP contribution >= 0.6 is 22.9 Å². The number of thiazole rings is 1. The molecule has 1 aromatic heterocycles. The highest BCUT2D eigenvalue weighted by Gasteiger charge is 2.48. The maximum absolute atomic E-state index is 13.4. The number of benzene rings is 2. The summed E-state index contributed by atoms with van der Waals surface area (Å²) in [4.78, 5) is 44.7. The molecule has 1 aliphatic rings. The van der Waals surface area contributed by atoms with Crippen molar-refractivity contribution in [3.05, 3.63) is 80.3 Å². The number of aryl methyl sites for hydroxylation is 2. The lowest BCUT2D eigenvalue weighted by Gasteiger charge is -2.23.